The molecule has 1 rings (SSSR count). The summed E-state index contributed by atoms with van der Waals surface area (Å²) < 4.78 is 2.11. The van der Waals surface area contributed by atoms with Crippen LogP contribution in [0, 0.1) is 12.1 Å². The maximum Gasteiger partial charge on any atom is 0.113 e. The molecule has 2 heteroatoms. The van der Waals surface area contributed by atoms with Crippen molar-refractivity contribution in [3.8, 4) is 0 Å². The highest BCUT2D eigenvalue weighted by atomic mass is 15.3. The monoisotopic (exact) mass is 193 g/mol. The topological polar surface area (TPSA) is 17.8 Å². The van der Waals surface area contributed by atoms with Gasteiger partial charge in [-0.2, -0.15) is 5.10 Å². The lowest BCUT2D eigenvalue weighted by atomic mass is 10.1. The van der Waals surface area contributed by atoms with E-state index < -0.39 is 0 Å². The smallest absolute Gasteiger partial charge is 0.113 e. The molecule has 1 radical (unpaired) electrons. The summed E-state index contributed by atoms with van der Waals surface area (Å²) in [6.07, 6.45) is 7.85. The molecule has 0 aromatic carbocycles. The van der Waals surface area contributed by atoms with Gasteiger partial charge >= 0.3 is 0 Å². The Kier molecular flexibility index (Phi) is 4.71. The first kappa shape index (κ1) is 11.3. The fraction of sp³-hybridized carbons (Fsp3) is 0.750. The van der Waals surface area contributed by atoms with Crippen LogP contribution in [0.4, 0.5) is 0 Å². The van der Waals surface area contributed by atoms with E-state index in [1.807, 2.05) is 6.07 Å². The minimum absolute atomic E-state index is 0.699. The highest BCUT2D eigenvalue weighted by Gasteiger charge is 2.04. The van der Waals surface area contributed by atoms with Crippen LogP contribution in [-0.4, -0.2) is 9.78 Å². The summed E-state index contributed by atoms with van der Waals surface area (Å²) in [5.74, 6) is 0.699. The maximum absolute atomic E-state index is 4.23. The number of aromatic nitrogens is 2. The van der Waals surface area contributed by atoms with Crippen LogP contribution in [0.15, 0.2) is 6.07 Å². The van der Waals surface area contributed by atoms with E-state index in [0.29, 0.717) is 5.92 Å². The Morgan fingerprint density at radius 1 is 1.43 bits per heavy atom. The van der Waals surface area contributed by atoms with Gasteiger partial charge in [0.15, 0.2) is 0 Å². The van der Waals surface area contributed by atoms with Gasteiger partial charge in [-0.15, -0.1) is 0 Å². The zero-order chi connectivity index (χ0) is 10.4. The molecule has 0 aliphatic rings. The van der Waals surface area contributed by atoms with E-state index in [1.165, 1.54) is 25.0 Å². The SMILES string of the molecule is CCCCCn1n[c]cc1CC(C)C. The molecule has 0 bridgehead atoms. The number of hydrogen-bond donors (Lipinski definition) is 0. The zero-order valence-corrected chi connectivity index (χ0v) is 9.58. The minimum atomic E-state index is 0.699. The number of rotatable bonds is 6. The van der Waals surface area contributed by atoms with Crippen molar-refractivity contribution in [1.29, 1.82) is 0 Å². The van der Waals surface area contributed by atoms with Crippen molar-refractivity contribution in [2.45, 2.75) is 53.0 Å². The van der Waals surface area contributed by atoms with E-state index in [2.05, 4.69) is 36.7 Å². The van der Waals surface area contributed by atoms with E-state index in [-0.39, 0.29) is 0 Å². The van der Waals surface area contributed by atoms with E-state index in [4.69, 9.17) is 0 Å². The van der Waals surface area contributed by atoms with E-state index in [1.54, 1.807) is 0 Å². The van der Waals surface area contributed by atoms with Crippen molar-refractivity contribution >= 4 is 0 Å². The maximum atomic E-state index is 4.23. The van der Waals surface area contributed by atoms with Gasteiger partial charge in [0.25, 0.3) is 0 Å². The third-order valence-corrected chi connectivity index (χ3v) is 2.33. The highest BCUT2D eigenvalue weighted by molar-refractivity contribution is 5.00. The van der Waals surface area contributed by atoms with Gasteiger partial charge in [0.2, 0.25) is 0 Å². The molecule has 1 heterocycles. The van der Waals surface area contributed by atoms with Gasteiger partial charge in [-0.3, -0.25) is 4.68 Å². The predicted octanol–water partition coefficient (Wildman–Crippen LogP) is 3.07. The molecule has 0 fully saturated rings. The fourth-order valence-corrected chi connectivity index (χ4v) is 1.60. The summed E-state index contributed by atoms with van der Waals surface area (Å²) in [6.45, 7) is 7.76. The van der Waals surface area contributed by atoms with Gasteiger partial charge in [0.1, 0.15) is 6.20 Å². The molecule has 0 spiro atoms. The van der Waals surface area contributed by atoms with Crippen LogP contribution in [0.3, 0.4) is 0 Å². The standard InChI is InChI=1S/C12H21N2/c1-4-5-6-9-14-12(7-8-13-14)10-11(2)3/h7,11H,4-6,9-10H2,1-3H3. The van der Waals surface area contributed by atoms with E-state index in [9.17, 15) is 0 Å². The second-order valence-corrected chi connectivity index (χ2v) is 4.29. The first-order chi connectivity index (χ1) is 6.74. The Balaban J connectivity index is 2.45. The first-order valence-electron chi connectivity index (χ1n) is 5.66. The number of nitrogens with zero attached hydrogens (tertiary/aromatic N) is 2. The summed E-state index contributed by atoms with van der Waals surface area (Å²) in [7, 11) is 0. The van der Waals surface area contributed by atoms with Crippen LogP contribution in [0.2, 0.25) is 0 Å². The highest BCUT2D eigenvalue weighted by Crippen LogP contribution is 2.08. The molecule has 14 heavy (non-hydrogen) atoms. The van der Waals surface area contributed by atoms with Gasteiger partial charge in [0, 0.05) is 12.2 Å². The van der Waals surface area contributed by atoms with Crippen LogP contribution < -0.4 is 0 Å². The lowest BCUT2D eigenvalue weighted by molar-refractivity contribution is 0.511. The van der Waals surface area contributed by atoms with Crippen molar-refractivity contribution in [2.24, 2.45) is 5.92 Å². The number of hydrogen-bond acceptors (Lipinski definition) is 1. The zero-order valence-electron chi connectivity index (χ0n) is 9.58. The minimum Gasteiger partial charge on any atom is -0.269 e. The van der Waals surface area contributed by atoms with Crippen molar-refractivity contribution < 1.29 is 0 Å². The fourth-order valence-electron chi connectivity index (χ4n) is 1.60. The third-order valence-electron chi connectivity index (χ3n) is 2.33. The molecule has 0 aliphatic heterocycles. The Morgan fingerprint density at radius 3 is 2.86 bits per heavy atom. The first-order valence-corrected chi connectivity index (χ1v) is 5.66. The lowest BCUT2D eigenvalue weighted by Crippen LogP contribution is -2.07. The van der Waals surface area contributed by atoms with E-state index >= 15 is 0 Å². The summed E-state index contributed by atoms with van der Waals surface area (Å²) in [5, 5.41) is 4.23. The molecule has 0 atom stereocenters. The average Bonchev–Trinajstić information content (AvgIpc) is 2.52. The van der Waals surface area contributed by atoms with Crippen LogP contribution >= 0.6 is 0 Å². The molecule has 1 aromatic heterocycles. The largest absolute Gasteiger partial charge is 0.269 e. The summed E-state index contributed by atoms with van der Waals surface area (Å²) in [5.41, 5.74) is 1.33. The van der Waals surface area contributed by atoms with Gasteiger partial charge in [-0.05, 0) is 24.8 Å². The van der Waals surface area contributed by atoms with Crippen LogP contribution in [0.1, 0.15) is 45.7 Å². The Bertz CT molecular complexity index is 251. The molecule has 0 N–H and O–H groups in total. The van der Waals surface area contributed by atoms with Gasteiger partial charge < -0.3 is 0 Å². The third kappa shape index (κ3) is 3.52. The Labute approximate surface area is 87.3 Å². The molecule has 0 amide bonds. The molecular formula is C12H21N2. The molecule has 1 aromatic rings. The Hall–Kier alpha value is -0.790. The molecule has 0 aliphatic carbocycles. The van der Waals surface area contributed by atoms with Crippen molar-refractivity contribution in [2.75, 3.05) is 0 Å². The predicted molar refractivity (Wildman–Crippen MR) is 59.1 cm³/mol. The molecule has 79 valence electrons. The summed E-state index contributed by atoms with van der Waals surface area (Å²) in [6, 6.07) is 2.02. The van der Waals surface area contributed by atoms with Crippen LogP contribution in [-0.2, 0) is 13.0 Å². The van der Waals surface area contributed by atoms with Gasteiger partial charge in [-0.1, -0.05) is 33.6 Å². The second kappa shape index (κ2) is 5.84. The summed E-state index contributed by atoms with van der Waals surface area (Å²) in [4.78, 5) is 0. The van der Waals surface area contributed by atoms with Gasteiger partial charge in [-0.25, -0.2) is 0 Å². The molecule has 0 unspecified atom stereocenters. The molecule has 0 saturated carbocycles. The second-order valence-electron chi connectivity index (χ2n) is 4.29. The molecular weight excluding hydrogens is 172 g/mol. The number of aryl methyl sites for hydroxylation is 1. The van der Waals surface area contributed by atoms with Crippen molar-refractivity contribution in [1.82, 2.24) is 9.78 Å². The lowest BCUT2D eigenvalue weighted by Gasteiger charge is -2.08. The van der Waals surface area contributed by atoms with E-state index in [0.717, 1.165) is 13.0 Å². The quantitative estimate of drug-likeness (QED) is 0.635. The van der Waals surface area contributed by atoms with Gasteiger partial charge in [0.05, 0.1) is 0 Å². The van der Waals surface area contributed by atoms with Crippen molar-refractivity contribution in [3.63, 3.8) is 0 Å². The Morgan fingerprint density at radius 2 is 2.21 bits per heavy atom. The molecule has 2 nitrogen and oxygen atoms in total. The normalized spacial score (nSPS) is 11.1. The average molecular weight is 193 g/mol. The van der Waals surface area contributed by atoms with Crippen LogP contribution in [0.5, 0.6) is 0 Å². The van der Waals surface area contributed by atoms with Crippen LogP contribution in [0.25, 0.3) is 0 Å². The molecule has 0 saturated heterocycles. The summed E-state index contributed by atoms with van der Waals surface area (Å²) >= 11 is 0. The van der Waals surface area contributed by atoms with Crippen molar-refractivity contribution in [3.05, 3.63) is 18.0 Å². The number of unbranched alkanes of at least 4 members (excludes halogenated alkanes) is 2.